The topological polar surface area (TPSA) is 76.5 Å². The molecule has 1 aromatic carbocycles. The van der Waals surface area contributed by atoms with Gasteiger partial charge in [-0.1, -0.05) is 65.6 Å². The predicted molar refractivity (Wildman–Crippen MR) is 106 cm³/mol. The Kier molecular flexibility index (Phi) is 5.14. The Bertz CT molecular complexity index is 878. The van der Waals surface area contributed by atoms with Gasteiger partial charge in [-0.3, -0.25) is 10.1 Å². The number of hydrogen-bond donors (Lipinski definition) is 1. The number of carbonyl (C=O) groups excluding carboxylic acids is 1. The van der Waals surface area contributed by atoms with Crippen molar-refractivity contribution in [1.29, 1.82) is 0 Å². The van der Waals surface area contributed by atoms with Crippen molar-refractivity contribution in [3.63, 3.8) is 0 Å². The fourth-order valence-electron chi connectivity index (χ4n) is 3.53. The summed E-state index contributed by atoms with van der Waals surface area (Å²) in [6.07, 6.45) is 6.41. The van der Waals surface area contributed by atoms with Crippen LogP contribution in [-0.4, -0.2) is 27.4 Å². The number of hydrogen-bond acceptors (Lipinski definition) is 6. The molecule has 1 aliphatic heterocycles. The Morgan fingerprint density at radius 2 is 2.04 bits per heavy atom. The molecule has 0 unspecified atom stereocenters. The van der Waals surface area contributed by atoms with Gasteiger partial charge < -0.3 is 4.84 Å². The number of oxime groups is 1. The van der Waals surface area contributed by atoms with Crippen molar-refractivity contribution < 1.29 is 9.63 Å². The first-order valence-corrected chi connectivity index (χ1v) is 10.4. The molecule has 0 spiro atoms. The van der Waals surface area contributed by atoms with Crippen molar-refractivity contribution in [1.82, 2.24) is 10.2 Å². The molecule has 0 radical (unpaired) electrons. The molecule has 27 heavy (non-hydrogen) atoms. The number of amides is 1. The molecular weight excluding hydrogens is 384 g/mol. The number of carbonyl (C=O) groups is 1. The van der Waals surface area contributed by atoms with Crippen LogP contribution in [0, 0.1) is 0 Å². The zero-order valence-corrected chi connectivity index (χ0v) is 16.6. The molecule has 2 heterocycles. The van der Waals surface area contributed by atoms with Gasteiger partial charge in [-0.05, 0) is 25.8 Å². The molecule has 0 saturated heterocycles. The highest BCUT2D eigenvalue weighted by atomic mass is 35.5. The molecule has 1 amide bonds. The van der Waals surface area contributed by atoms with E-state index < -0.39 is 5.60 Å². The Labute approximate surface area is 167 Å². The summed E-state index contributed by atoms with van der Waals surface area (Å²) >= 11 is 7.69. The van der Waals surface area contributed by atoms with Crippen LogP contribution in [0.5, 0.6) is 0 Å². The quantitative estimate of drug-likeness (QED) is 0.796. The van der Waals surface area contributed by atoms with E-state index in [9.17, 15) is 4.79 Å². The third-order valence-electron chi connectivity index (χ3n) is 5.14. The van der Waals surface area contributed by atoms with E-state index in [1.807, 2.05) is 18.2 Å². The SMILES string of the molecule is C[C@]1(C(=O)Nc2nnc(C3CCCCC3)s2)CC(c2ccccc2Cl)=NO1. The van der Waals surface area contributed by atoms with Crippen molar-refractivity contribution in [3.05, 3.63) is 39.9 Å². The summed E-state index contributed by atoms with van der Waals surface area (Å²) in [5.41, 5.74) is 0.357. The zero-order chi connectivity index (χ0) is 18.9. The van der Waals surface area contributed by atoms with Crippen molar-refractivity contribution in [2.75, 3.05) is 5.32 Å². The highest BCUT2D eigenvalue weighted by Gasteiger charge is 2.43. The van der Waals surface area contributed by atoms with Gasteiger partial charge in [0.15, 0.2) is 0 Å². The lowest BCUT2D eigenvalue weighted by Gasteiger charge is -2.19. The van der Waals surface area contributed by atoms with Gasteiger partial charge in [0, 0.05) is 22.9 Å². The third kappa shape index (κ3) is 3.84. The molecule has 1 fully saturated rings. The molecule has 8 heteroatoms. The molecule has 4 rings (SSSR count). The van der Waals surface area contributed by atoms with Crippen LogP contribution in [0.2, 0.25) is 5.02 Å². The lowest BCUT2D eigenvalue weighted by molar-refractivity contribution is -0.135. The molecule has 1 aromatic heterocycles. The van der Waals surface area contributed by atoms with Gasteiger partial charge >= 0.3 is 0 Å². The number of nitrogens with zero attached hydrogens (tertiary/aromatic N) is 3. The molecule has 142 valence electrons. The molecule has 1 saturated carbocycles. The maximum Gasteiger partial charge on any atom is 0.273 e. The number of nitrogens with one attached hydrogen (secondary N) is 1. The van der Waals surface area contributed by atoms with Crippen molar-refractivity contribution in [2.24, 2.45) is 5.16 Å². The summed E-state index contributed by atoms with van der Waals surface area (Å²) in [6.45, 7) is 1.72. The summed E-state index contributed by atoms with van der Waals surface area (Å²) in [7, 11) is 0. The molecule has 0 bridgehead atoms. The van der Waals surface area contributed by atoms with Gasteiger partial charge in [0.05, 0.1) is 5.71 Å². The van der Waals surface area contributed by atoms with E-state index in [-0.39, 0.29) is 5.91 Å². The molecule has 1 atom stereocenters. The fraction of sp³-hybridized carbons (Fsp3) is 0.474. The van der Waals surface area contributed by atoms with Crippen molar-refractivity contribution in [2.45, 2.75) is 57.0 Å². The monoisotopic (exact) mass is 404 g/mol. The first-order chi connectivity index (χ1) is 13.0. The van der Waals surface area contributed by atoms with Crippen molar-refractivity contribution in [3.8, 4) is 0 Å². The van der Waals surface area contributed by atoms with Crippen molar-refractivity contribution >= 4 is 39.7 Å². The Morgan fingerprint density at radius 1 is 1.26 bits per heavy atom. The largest absolute Gasteiger partial charge is 0.379 e. The Hall–Kier alpha value is -1.99. The summed E-state index contributed by atoms with van der Waals surface area (Å²) in [4.78, 5) is 18.3. The summed E-state index contributed by atoms with van der Waals surface area (Å²) < 4.78 is 0. The number of anilines is 1. The number of benzene rings is 1. The zero-order valence-electron chi connectivity index (χ0n) is 15.1. The smallest absolute Gasteiger partial charge is 0.273 e. The number of halogens is 1. The third-order valence-corrected chi connectivity index (χ3v) is 6.47. The van der Waals surface area contributed by atoms with Gasteiger partial charge in [0.25, 0.3) is 5.91 Å². The van der Waals surface area contributed by atoms with Gasteiger partial charge in [0.2, 0.25) is 10.7 Å². The molecule has 1 aliphatic carbocycles. The van der Waals surface area contributed by atoms with Crippen LogP contribution in [0.1, 0.15) is 61.9 Å². The Morgan fingerprint density at radius 3 is 2.81 bits per heavy atom. The molecule has 1 N–H and O–H groups in total. The minimum atomic E-state index is -1.09. The van der Waals surface area contributed by atoms with E-state index >= 15 is 0 Å². The minimum Gasteiger partial charge on any atom is -0.379 e. The highest BCUT2D eigenvalue weighted by molar-refractivity contribution is 7.15. The molecule has 6 nitrogen and oxygen atoms in total. The first-order valence-electron chi connectivity index (χ1n) is 9.20. The number of rotatable bonds is 4. The highest BCUT2D eigenvalue weighted by Crippen LogP contribution is 2.36. The maximum atomic E-state index is 12.8. The van der Waals surface area contributed by atoms with Crippen LogP contribution in [0.3, 0.4) is 0 Å². The van der Waals surface area contributed by atoms with Gasteiger partial charge in [-0.15, -0.1) is 10.2 Å². The fourth-order valence-corrected chi connectivity index (χ4v) is 4.68. The van der Waals surface area contributed by atoms with Crippen LogP contribution in [0.15, 0.2) is 29.4 Å². The second-order valence-corrected chi connectivity index (χ2v) is 8.67. The minimum absolute atomic E-state index is 0.278. The van der Waals surface area contributed by atoms with Crippen LogP contribution in [-0.2, 0) is 9.63 Å². The molecule has 2 aliphatic rings. The van der Waals surface area contributed by atoms with E-state index in [2.05, 4.69) is 20.7 Å². The lowest BCUT2D eigenvalue weighted by atomic mass is 9.90. The average Bonchev–Trinajstić information content (AvgIpc) is 3.31. The van der Waals surface area contributed by atoms with Crippen LogP contribution in [0.4, 0.5) is 5.13 Å². The average molecular weight is 405 g/mol. The predicted octanol–water partition coefficient (Wildman–Crippen LogP) is 4.76. The Balaban J connectivity index is 1.42. The molecule has 2 aromatic rings. The first kappa shape index (κ1) is 18.4. The van der Waals surface area contributed by atoms with E-state index in [4.69, 9.17) is 16.4 Å². The summed E-state index contributed by atoms with van der Waals surface area (Å²) in [5.74, 6) is 0.190. The normalized spacial score (nSPS) is 23.0. The second kappa shape index (κ2) is 7.56. The summed E-state index contributed by atoms with van der Waals surface area (Å²) in [6, 6.07) is 7.40. The van der Waals surface area contributed by atoms with E-state index in [0.717, 1.165) is 23.4 Å². The van der Waals surface area contributed by atoms with E-state index in [1.165, 1.54) is 30.6 Å². The van der Waals surface area contributed by atoms with Crippen LogP contribution < -0.4 is 5.32 Å². The number of aromatic nitrogens is 2. The standard InChI is InChI=1S/C19H21ClN4O2S/c1-19(11-15(24-26-19)13-9-5-6-10-14(13)20)17(25)21-18-23-22-16(27-18)12-7-3-2-4-8-12/h5-6,9-10,12H,2-4,7-8,11H2,1H3,(H,21,23,25)/t19-/m1/s1. The van der Waals surface area contributed by atoms with E-state index in [0.29, 0.717) is 28.2 Å². The lowest BCUT2D eigenvalue weighted by Crippen LogP contribution is -2.40. The van der Waals surface area contributed by atoms with E-state index in [1.54, 1.807) is 13.0 Å². The van der Waals surface area contributed by atoms with Crippen LogP contribution >= 0.6 is 22.9 Å². The second-order valence-electron chi connectivity index (χ2n) is 7.25. The van der Waals surface area contributed by atoms with Gasteiger partial charge in [-0.25, -0.2) is 0 Å². The summed E-state index contributed by atoms with van der Waals surface area (Å²) in [5, 5.41) is 17.5. The van der Waals surface area contributed by atoms with Crippen LogP contribution in [0.25, 0.3) is 0 Å². The van der Waals surface area contributed by atoms with Gasteiger partial charge in [0.1, 0.15) is 5.01 Å². The maximum absolute atomic E-state index is 12.8. The van der Waals surface area contributed by atoms with Gasteiger partial charge in [-0.2, -0.15) is 0 Å². The molecular formula is C19H21ClN4O2S.